The minimum atomic E-state index is -0.195. The predicted molar refractivity (Wildman–Crippen MR) is 216 cm³/mol. The molecule has 1 heterocycles. The van der Waals surface area contributed by atoms with E-state index in [1.807, 2.05) is 24.3 Å². The highest BCUT2D eigenvalue weighted by Gasteiger charge is 2.40. The van der Waals surface area contributed by atoms with E-state index in [4.69, 9.17) is 14.7 Å². The van der Waals surface area contributed by atoms with Crippen molar-refractivity contribution in [3.63, 3.8) is 0 Å². The summed E-state index contributed by atoms with van der Waals surface area (Å²) in [6.07, 6.45) is 6.44. The van der Waals surface area contributed by atoms with Crippen molar-refractivity contribution in [3.05, 3.63) is 192 Å². The molecule has 3 aliphatic rings. The largest absolute Gasteiger partial charge is 0.484 e. The highest BCUT2D eigenvalue weighted by molar-refractivity contribution is 6.18. The molecule has 0 fully saturated rings. The standard InChI is InChI=1S/C48H33N3O/c1-49-48(51-47(50-29-30-12-3-2-4-13-30)33-25-24-31-14-5-6-15-32(31)28-33)42-22-11-23-43-45(42)41-21-10-20-40(46(41)52-43)36-26-27-39-35-17-8-7-16-34(35)37-18-9-19-38(36)44(37)39/h2-28,41,46H,1,29H2/b50-47-,51-48-. The summed E-state index contributed by atoms with van der Waals surface area (Å²) >= 11 is 0. The van der Waals surface area contributed by atoms with Gasteiger partial charge in [0, 0.05) is 28.2 Å². The molecule has 0 bridgehead atoms. The van der Waals surface area contributed by atoms with E-state index in [0.29, 0.717) is 18.2 Å². The van der Waals surface area contributed by atoms with Crippen LogP contribution in [0.15, 0.2) is 179 Å². The number of aliphatic imine (C=N–C) groups is 3. The van der Waals surface area contributed by atoms with Gasteiger partial charge in [-0.1, -0.05) is 152 Å². The quantitative estimate of drug-likeness (QED) is 0.133. The minimum Gasteiger partial charge on any atom is -0.484 e. The Morgan fingerprint density at radius 2 is 1.37 bits per heavy atom. The monoisotopic (exact) mass is 667 g/mol. The van der Waals surface area contributed by atoms with Gasteiger partial charge in [-0.2, -0.15) is 0 Å². The molecule has 0 amide bonds. The van der Waals surface area contributed by atoms with E-state index in [9.17, 15) is 0 Å². The highest BCUT2D eigenvalue weighted by atomic mass is 16.5. The van der Waals surface area contributed by atoms with E-state index in [2.05, 4.69) is 151 Å². The number of benzene rings is 7. The molecular formula is C48H33N3O. The van der Waals surface area contributed by atoms with Crippen LogP contribution in [-0.4, -0.2) is 24.5 Å². The van der Waals surface area contributed by atoms with Crippen molar-refractivity contribution in [3.8, 4) is 28.0 Å². The van der Waals surface area contributed by atoms with Crippen LogP contribution in [0.3, 0.4) is 0 Å². The van der Waals surface area contributed by atoms with Gasteiger partial charge in [-0.05, 0) is 73.8 Å². The summed E-state index contributed by atoms with van der Waals surface area (Å²) in [5.74, 6) is 1.95. The lowest BCUT2D eigenvalue weighted by atomic mass is 9.81. The van der Waals surface area contributed by atoms with E-state index < -0.39 is 0 Å². The second kappa shape index (κ2) is 12.3. The average Bonchev–Trinajstić information content (AvgIpc) is 3.76. The van der Waals surface area contributed by atoms with Gasteiger partial charge in [0.05, 0.1) is 6.54 Å². The van der Waals surface area contributed by atoms with Crippen molar-refractivity contribution in [2.24, 2.45) is 15.0 Å². The molecule has 4 heteroatoms. The normalized spacial score (nSPS) is 17.0. The maximum atomic E-state index is 6.88. The zero-order valence-corrected chi connectivity index (χ0v) is 28.4. The smallest absolute Gasteiger partial charge is 0.161 e. The molecule has 0 saturated heterocycles. The molecule has 0 N–H and O–H groups in total. The van der Waals surface area contributed by atoms with Crippen molar-refractivity contribution in [2.45, 2.75) is 18.6 Å². The van der Waals surface area contributed by atoms with Gasteiger partial charge in [0.2, 0.25) is 0 Å². The number of nitrogens with zero attached hydrogens (tertiary/aromatic N) is 3. The zero-order valence-electron chi connectivity index (χ0n) is 28.4. The fourth-order valence-electron chi connectivity index (χ4n) is 8.23. The van der Waals surface area contributed by atoms with Crippen LogP contribution in [0, 0.1) is 0 Å². The van der Waals surface area contributed by atoms with Crippen molar-refractivity contribution >= 4 is 45.5 Å². The molecule has 52 heavy (non-hydrogen) atoms. The molecule has 246 valence electrons. The van der Waals surface area contributed by atoms with Crippen molar-refractivity contribution in [2.75, 3.05) is 0 Å². The summed E-state index contributed by atoms with van der Waals surface area (Å²) in [6, 6.07) is 51.0. The van der Waals surface area contributed by atoms with Gasteiger partial charge < -0.3 is 4.74 Å². The Bertz CT molecular complexity index is 2690. The van der Waals surface area contributed by atoms with Crippen LogP contribution in [0.5, 0.6) is 5.75 Å². The van der Waals surface area contributed by atoms with E-state index >= 15 is 0 Å². The fraction of sp³-hybridized carbons (Fsp3) is 0.0625. The zero-order chi connectivity index (χ0) is 34.6. The number of allylic oxidation sites excluding steroid dienone is 2. The van der Waals surface area contributed by atoms with Crippen molar-refractivity contribution in [1.82, 2.24) is 0 Å². The molecule has 7 aromatic rings. The number of hydrogen-bond acceptors (Lipinski definition) is 2. The Balaban J connectivity index is 1.05. The molecule has 0 aromatic heterocycles. The maximum absolute atomic E-state index is 6.88. The summed E-state index contributed by atoms with van der Waals surface area (Å²) in [7, 11) is 0. The first-order valence-electron chi connectivity index (χ1n) is 17.7. The Labute approximate surface area is 302 Å². The van der Waals surface area contributed by atoms with Gasteiger partial charge >= 0.3 is 0 Å². The van der Waals surface area contributed by atoms with Crippen LogP contribution >= 0.6 is 0 Å². The minimum absolute atomic E-state index is 0.0243. The first-order chi connectivity index (χ1) is 25.7. The molecule has 2 unspecified atom stereocenters. The number of ether oxygens (including phenoxy) is 1. The van der Waals surface area contributed by atoms with Crippen molar-refractivity contribution in [1.29, 1.82) is 0 Å². The van der Waals surface area contributed by atoms with Crippen LogP contribution in [0.25, 0.3) is 49.4 Å². The third-order valence-electron chi connectivity index (χ3n) is 10.6. The van der Waals surface area contributed by atoms with Crippen LogP contribution in [-0.2, 0) is 6.54 Å². The molecule has 2 aliphatic carbocycles. The van der Waals surface area contributed by atoms with Crippen molar-refractivity contribution < 1.29 is 4.74 Å². The molecule has 0 radical (unpaired) electrons. The van der Waals surface area contributed by atoms with Gasteiger partial charge in [0.1, 0.15) is 11.9 Å². The third-order valence-corrected chi connectivity index (χ3v) is 10.6. The van der Waals surface area contributed by atoms with Gasteiger partial charge in [0.25, 0.3) is 0 Å². The SMILES string of the molecule is C=N/C(=N\C(=N/Cc1ccccc1)c1ccc2ccccc2c1)c1cccc2c1C1C=CC=C(c3ccc4c5c(cccc35)-c3ccccc3-4)C1O2. The Morgan fingerprint density at radius 3 is 2.21 bits per heavy atom. The summed E-state index contributed by atoms with van der Waals surface area (Å²) in [6.45, 7) is 4.51. The molecule has 7 aromatic carbocycles. The summed E-state index contributed by atoms with van der Waals surface area (Å²) in [5, 5.41) is 4.86. The first kappa shape index (κ1) is 30.2. The molecule has 2 atom stereocenters. The number of amidine groups is 2. The van der Waals surface area contributed by atoms with E-state index in [1.54, 1.807) is 0 Å². The topological polar surface area (TPSA) is 46.3 Å². The molecule has 10 rings (SSSR count). The van der Waals surface area contributed by atoms with E-state index in [0.717, 1.165) is 33.4 Å². The number of rotatable bonds is 5. The lowest BCUT2D eigenvalue weighted by Crippen LogP contribution is -2.22. The van der Waals surface area contributed by atoms with Crippen LogP contribution < -0.4 is 4.74 Å². The Morgan fingerprint density at radius 1 is 0.635 bits per heavy atom. The van der Waals surface area contributed by atoms with Crippen LogP contribution in [0.4, 0.5) is 0 Å². The van der Waals surface area contributed by atoms with E-state index in [-0.39, 0.29) is 12.0 Å². The lowest BCUT2D eigenvalue weighted by molar-refractivity contribution is 0.278. The molecule has 1 aliphatic heterocycles. The molecule has 0 saturated carbocycles. The van der Waals surface area contributed by atoms with Gasteiger partial charge in [-0.15, -0.1) is 0 Å². The number of fused-ring (bicyclic) bond motifs is 7. The summed E-state index contributed by atoms with van der Waals surface area (Å²) < 4.78 is 6.88. The molecular weight excluding hydrogens is 635 g/mol. The second-order valence-corrected chi connectivity index (χ2v) is 13.5. The Hall–Kier alpha value is -6.65. The highest BCUT2D eigenvalue weighted by Crippen LogP contribution is 2.52. The Kier molecular flexibility index (Phi) is 7.14. The first-order valence-corrected chi connectivity index (χ1v) is 17.7. The van der Waals surface area contributed by atoms with Gasteiger partial charge in [-0.3, -0.25) is 4.99 Å². The van der Waals surface area contributed by atoms with E-state index in [1.165, 1.54) is 49.5 Å². The van der Waals surface area contributed by atoms with Crippen LogP contribution in [0.1, 0.15) is 33.7 Å². The summed E-state index contributed by atoms with van der Waals surface area (Å²) in [4.78, 5) is 14.8. The van der Waals surface area contributed by atoms with Gasteiger partial charge in [-0.25, -0.2) is 9.98 Å². The number of hydrogen-bond donors (Lipinski definition) is 0. The molecule has 4 nitrogen and oxygen atoms in total. The predicted octanol–water partition coefficient (Wildman–Crippen LogP) is 11.2. The fourth-order valence-corrected chi connectivity index (χ4v) is 8.23. The lowest BCUT2D eigenvalue weighted by Gasteiger charge is -2.24. The van der Waals surface area contributed by atoms with Crippen LogP contribution in [0.2, 0.25) is 0 Å². The summed E-state index contributed by atoms with van der Waals surface area (Å²) in [5.41, 5.74) is 11.5. The second-order valence-electron chi connectivity index (χ2n) is 13.5. The maximum Gasteiger partial charge on any atom is 0.161 e. The molecule has 0 spiro atoms. The average molecular weight is 668 g/mol. The third kappa shape index (κ3) is 4.87. The van der Waals surface area contributed by atoms with Gasteiger partial charge in [0.15, 0.2) is 11.7 Å².